The van der Waals surface area contributed by atoms with Crippen molar-refractivity contribution in [2.75, 3.05) is 20.8 Å². The Hall–Kier alpha value is -4.25. The van der Waals surface area contributed by atoms with Gasteiger partial charge in [-0.15, -0.1) is 0 Å². The fraction of sp³-hybridized carbons (Fsp3) is 0.240. The molecular formula is C25H23N3O7S. The molecule has 11 heteroatoms. The lowest BCUT2D eigenvalue weighted by Crippen LogP contribution is -2.40. The number of hydrogen-bond donors (Lipinski definition) is 0. The number of esters is 1. The largest absolute Gasteiger partial charge is 0.497 e. The van der Waals surface area contributed by atoms with Gasteiger partial charge in [-0.2, -0.15) is 0 Å². The van der Waals surface area contributed by atoms with Gasteiger partial charge in [0.2, 0.25) is 0 Å². The molecule has 1 aromatic heterocycles. The molecule has 0 aliphatic carbocycles. The van der Waals surface area contributed by atoms with E-state index in [1.54, 1.807) is 50.3 Å². The summed E-state index contributed by atoms with van der Waals surface area (Å²) in [6, 6.07) is 10.2. The zero-order chi connectivity index (χ0) is 26.0. The Morgan fingerprint density at radius 2 is 1.92 bits per heavy atom. The summed E-state index contributed by atoms with van der Waals surface area (Å²) < 4.78 is 18.0. The third-order valence-corrected chi connectivity index (χ3v) is 6.64. The van der Waals surface area contributed by atoms with E-state index in [4.69, 9.17) is 14.2 Å². The van der Waals surface area contributed by atoms with E-state index >= 15 is 0 Å². The van der Waals surface area contributed by atoms with Crippen LogP contribution in [0.15, 0.2) is 63.5 Å². The van der Waals surface area contributed by atoms with Crippen LogP contribution in [0.5, 0.6) is 11.5 Å². The number of non-ortho nitro benzene ring substituents is 1. The number of ether oxygens (including phenoxy) is 3. The van der Waals surface area contributed by atoms with E-state index in [1.807, 2.05) is 0 Å². The highest BCUT2D eigenvalue weighted by Gasteiger charge is 2.35. The lowest BCUT2D eigenvalue weighted by Gasteiger charge is -2.26. The molecule has 0 saturated carbocycles. The van der Waals surface area contributed by atoms with E-state index < -0.39 is 16.9 Å². The summed E-state index contributed by atoms with van der Waals surface area (Å²) in [5.41, 5.74) is 1.43. The number of nitrogens with zero attached hydrogens (tertiary/aromatic N) is 3. The van der Waals surface area contributed by atoms with Crippen molar-refractivity contribution in [2.24, 2.45) is 4.99 Å². The van der Waals surface area contributed by atoms with Crippen LogP contribution >= 0.6 is 11.3 Å². The van der Waals surface area contributed by atoms with Gasteiger partial charge in [0.1, 0.15) is 17.5 Å². The Kier molecular flexibility index (Phi) is 7.02. The minimum Gasteiger partial charge on any atom is -0.497 e. The van der Waals surface area contributed by atoms with Gasteiger partial charge in [-0.1, -0.05) is 11.3 Å². The van der Waals surface area contributed by atoms with Crippen LogP contribution < -0.4 is 24.4 Å². The van der Waals surface area contributed by atoms with Crippen LogP contribution in [0.25, 0.3) is 6.08 Å². The van der Waals surface area contributed by atoms with E-state index in [2.05, 4.69) is 4.99 Å². The summed E-state index contributed by atoms with van der Waals surface area (Å²) in [6.07, 6.45) is 1.64. The molecule has 0 bridgehead atoms. The van der Waals surface area contributed by atoms with Crippen LogP contribution in [0.2, 0.25) is 0 Å². The van der Waals surface area contributed by atoms with Crippen LogP contribution in [0, 0.1) is 10.1 Å². The highest BCUT2D eigenvalue weighted by atomic mass is 32.1. The van der Waals surface area contributed by atoms with Crippen molar-refractivity contribution >= 4 is 29.1 Å². The molecule has 0 spiro atoms. The number of carbonyl (C=O) groups excluding carboxylic acids is 1. The molecule has 4 rings (SSSR count). The molecule has 0 amide bonds. The number of methoxy groups -OCH3 is 2. The van der Waals surface area contributed by atoms with Crippen molar-refractivity contribution < 1.29 is 23.9 Å². The van der Waals surface area contributed by atoms with Gasteiger partial charge in [-0.05, 0) is 49.8 Å². The van der Waals surface area contributed by atoms with Gasteiger partial charge in [0.15, 0.2) is 4.80 Å². The normalized spacial score (nSPS) is 15.2. The van der Waals surface area contributed by atoms with Gasteiger partial charge in [0, 0.05) is 23.8 Å². The van der Waals surface area contributed by atoms with Crippen LogP contribution in [-0.4, -0.2) is 36.3 Å². The second-order valence-electron chi connectivity index (χ2n) is 7.76. The molecule has 0 saturated heterocycles. The molecule has 0 fully saturated rings. The standard InChI is InChI=1S/C25H23N3O7S/c1-5-35-24(30)21-14(2)26-25-27(22(21)18-11-10-17(33-3)13-19(18)34-4)23(29)20(36-25)12-15-6-8-16(9-7-15)28(31)32/h6-13,22H,5H2,1-4H3/b20-12-/t22-/m0/s1. The first-order chi connectivity index (χ1) is 17.3. The summed E-state index contributed by atoms with van der Waals surface area (Å²) in [6.45, 7) is 3.56. The maximum absolute atomic E-state index is 13.7. The highest BCUT2D eigenvalue weighted by molar-refractivity contribution is 7.07. The maximum atomic E-state index is 13.7. The van der Waals surface area contributed by atoms with Crippen LogP contribution in [0.4, 0.5) is 5.69 Å². The van der Waals surface area contributed by atoms with Crippen LogP contribution in [-0.2, 0) is 9.53 Å². The van der Waals surface area contributed by atoms with Crippen molar-refractivity contribution in [3.05, 3.63) is 94.7 Å². The fourth-order valence-electron chi connectivity index (χ4n) is 3.97. The minimum absolute atomic E-state index is 0.0464. The van der Waals surface area contributed by atoms with Crippen molar-refractivity contribution in [1.29, 1.82) is 0 Å². The molecule has 36 heavy (non-hydrogen) atoms. The van der Waals surface area contributed by atoms with Crippen molar-refractivity contribution in [2.45, 2.75) is 19.9 Å². The molecule has 1 aliphatic heterocycles. The highest BCUT2D eigenvalue weighted by Crippen LogP contribution is 2.37. The Balaban J connectivity index is 1.95. The topological polar surface area (TPSA) is 122 Å². The molecule has 1 aliphatic rings. The number of aromatic nitrogens is 1. The smallest absolute Gasteiger partial charge is 0.338 e. The molecule has 2 aromatic carbocycles. The molecule has 1 atom stereocenters. The summed E-state index contributed by atoms with van der Waals surface area (Å²) in [5.74, 6) is 0.409. The quantitative estimate of drug-likeness (QED) is 0.273. The van der Waals surface area contributed by atoms with Crippen LogP contribution in [0.1, 0.15) is 31.0 Å². The molecule has 10 nitrogen and oxygen atoms in total. The Morgan fingerprint density at radius 3 is 2.53 bits per heavy atom. The van der Waals surface area contributed by atoms with E-state index in [-0.39, 0.29) is 23.4 Å². The van der Waals surface area contributed by atoms with Gasteiger partial charge in [0.25, 0.3) is 11.2 Å². The molecule has 0 radical (unpaired) electrons. The monoisotopic (exact) mass is 509 g/mol. The molecule has 2 heterocycles. The third-order valence-electron chi connectivity index (χ3n) is 5.65. The molecule has 0 unspecified atom stereocenters. The molecule has 186 valence electrons. The minimum atomic E-state index is -0.847. The zero-order valence-electron chi connectivity index (χ0n) is 20.0. The second kappa shape index (κ2) is 10.2. The first kappa shape index (κ1) is 24.9. The van der Waals surface area contributed by atoms with Gasteiger partial charge < -0.3 is 14.2 Å². The number of benzene rings is 2. The van der Waals surface area contributed by atoms with Crippen molar-refractivity contribution in [1.82, 2.24) is 4.57 Å². The lowest BCUT2D eigenvalue weighted by atomic mass is 9.95. The SMILES string of the molecule is CCOC(=O)C1=C(C)N=c2s/c(=C\c3ccc([N+](=O)[O-])cc3)c(=O)n2[C@H]1c1ccc(OC)cc1OC. The molecule has 3 aromatic rings. The lowest BCUT2D eigenvalue weighted by molar-refractivity contribution is -0.384. The number of hydrogen-bond acceptors (Lipinski definition) is 9. The number of rotatable bonds is 7. The summed E-state index contributed by atoms with van der Waals surface area (Å²) in [5, 5.41) is 11.0. The average molecular weight is 510 g/mol. The summed E-state index contributed by atoms with van der Waals surface area (Å²) in [4.78, 5) is 42.1. The van der Waals surface area contributed by atoms with Crippen molar-refractivity contribution in [3.63, 3.8) is 0 Å². The third kappa shape index (κ3) is 4.52. The van der Waals surface area contributed by atoms with E-state index in [9.17, 15) is 19.7 Å². The Morgan fingerprint density at radius 1 is 1.19 bits per heavy atom. The summed E-state index contributed by atoms with van der Waals surface area (Å²) in [7, 11) is 3.03. The Bertz CT molecular complexity index is 1550. The number of carbonyl (C=O) groups is 1. The predicted molar refractivity (Wildman–Crippen MR) is 133 cm³/mol. The number of fused-ring (bicyclic) bond motifs is 1. The number of nitro benzene ring substituents is 1. The van der Waals surface area contributed by atoms with E-state index in [1.165, 1.54) is 30.9 Å². The maximum Gasteiger partial charge on any atom is 0.338 e. The zero-order valence-corrected chi connectivity index (χ0v) is 20.8. The van der Waals surface area contributed by atoms with Gasteiger partial charge in [0.05, 0.1) is 41.6 Å². The van der Waals surface area contributed by atoms with E-state index in [0.717, 1.165) is 11.3 Å². The summed E-state index contributed by atoms with van der Waals surface area (Å²) >= 11 is 1.16. The van der Waals surface area contributed by atoms with Gasteiger partial charge in [-0.25, -0.2) is 9.79 Å². The number of nitro groups is 1. The van der Waals surface area contributed by atoms with Gasteiger partial charge in [-0.3, -0.25) is 19.5 Å². The fourth-order valence-corrected chi connectivity index (χ4v) is 5.02. The predicted octanol–water partition coefficient (Wildman–Crippen LogP) is 2.72. The van der Waals surface area contributed by atoms with E-state index in [0.29, 0.717) is 37.7 Å². The van der Waals surface area contributed by atoms with Gasteiger partial charge >= 0.3 is 5.97 Å². The van der Waals surface area contributed by atoms with Crippen molar-refractivity contribution in [3.8, 4) is 11.5 Å². The second-order valence-corrected chi connectivity index (χ2v) is 8.77. The van der Waals surface area contributed by atoms with Crippen LogP contribution in [0.3, 0.4) is 0 Å². The molecule has 0 N–H and O–H groups in total. The first-order valence-electron chi connectivity index (χ1n) is 10.9. The Labute approximate surface area is 209 Å². The number of thiazole rings is 1. The number of allylic oxidation sites excluding steroid dienone is 1. The molecular weight excluding hydrogens is 486 g/mol. The first-order valence-corrected chi connectivity index (χ1v) is 11.8. The average Bonchev–Trinajstić information content (AvgIpc) is 3.17.